The molecule has 0 saturated heterocycles. The molecule has 0 N–H and O–H groups in total. The van der Waals surface area contributed by atoms with Gasteiger partial charge in [-0.2, -0.15) is 0 Å². The molecule has 0 radical (unpaired) electrons. The molecule has 0 heterocycles. The molecule has 0 aliphatic rings. The van der Waals surface area contributed by atoms with Gasteiger partial charge in [-0.3, -0.25) is 0 Å². The molecule has 3 heteroatoms. The van der Waals surface area contributed by atoms with Crippen molar-refractivity contribution < 1.29 is 0 Å². The van der Waals surface area contributed by atoms with Crippen LogP contribution in [-0.2, 0) is 0 Å². The molecular formula is C67H47N3. The molecule has 0 saturated carbocycles. The fraction of sp³-hybridized carbons (Fsp3) is 0. The Morgan fingerprint density at radius 2 is 0.443 bits per heavy atom. The summed E-state index contributed by atoms with van der Waals surface area (Å²) in [6, 6.07) is 101. The minimum atomic E-state index is 0.601. The highest BCUT2D eigenvalue weighted by atomic mass is 15.2. The van der Waals surface area contributed by atoms with Crippen LogP contribution in [0, 0.1) is 6.57 Å². The standard InChI is InChI=1S/C67H47N3/c1-68-59-37-27-58(28-38-59)65-48-67(70(62-43-33-55(34-44-62)51-21-11-4-12-22-51)63-45-35-56(36-46-63)52-23-13-5-14-24-52)66(47-64(65)57-25-15-6-16-26-57)69(60-39-29-53(30-40-60)49-17-7-2-8-18-49)61-41-31-54(32-42-61)50-19-9-3-10-20-50/h2-48H. The lowest BCUT2D eigenvalue weighted by Gasteiger charge is -2.35. The summed E-state index contributed by atoms with van der Waals surface area (Å²) in [6.45, 7) is 7.79. The van der Waals surface area contributed by atoms with Crippen molar-refractivity contribution >= 4 is 39.8 Å². The Morgan fingerprint density at radius 3 is 0.700 bits per heavy atom. The van der Waals surface area contributed by atoms with Gasteiger partial charge < -0.3 is 9.80 Å². The van der Waals surface area contributed by atoms with Crippen molar-refractivity contribution in [3.63, 3.8) is 0 Å². The van der Waals surface area contributed by atoms with E-state index in [0.29, 0.717) is 5.69 Å². The van der Waals surface area contributed by atoms with Crippen molar-refractivity contribution in [2.45, 2.75) is 0 Å². The number of hydrogen-bond acceptors (Lipinski definition) is 2. The van der Waals surface area contributed by atoms with Crippen molar-refractivity contribution in [3.05, 3.63) is 297 Å². The van der Waals surface area contributed by atoms with Crippen LogP contribution in [0.4, 0.5) is 39.8 Å². The molecular weight excluding hydrogens is 847 g/mol. The third kappa shape index (κ3) is 9.02. The smallest absolute Gasteiger partial charge is 0.187 e. The molecule has 330 valence electrons. The van der Waals surface area contributed by atoms with Crippen LogP contribution >= 0.6 is 0 Å². The van der Waals surface area contributed by atoms with E-state index in [4.69, 9.17) is 6.57 Å². The van der Waals surface area contributed by atoms with Gasteiger partial charge in [-0.25, -0.2) is 4.85 Å². The number of hydrogen-bond donors (Lipinski definition) is 0. The first-order valence-corrected chi connectivity index (χ1v) is 23.6. The van der Waals surface area contributed by atoms with Gasteiger partial charge in [0.05, 0.1) is 17.9 Å². The first kappa shape index (κ1) is 43.1. The molecule has 0 aliphatic carbocycles. The van der Waals surface area contributed by atoms with Crippen molar-refractivity contribution in [2.75, 3.05) is 9.80 Å². The summed E-state index contributed by atoms with van der Waals surface area (Å²) in [7, 11) is 0. The van der Waals surface area contributed by atoms with Gasteiger partial charge in [-0.1, -0.05) is 224 Å². The SMILES string of the molecule is [C-]#[N+]c1ccc(-c2cc(N(c3ccc(-c4ccccc4)cc3)c3ccc(-c4ccccc4)cc3)c(N(c3ccc(-c4ccccc4)cc3)c3ccc(-c4ccccc4)cc3)cc2-c2ccccc2)cc1. The van der Waals surface area contributed by atoms with Gasteiger partial charge in [0, 0.05) is 22.7 Å². The normalized spacial score (nSPS) is 10.8. The summed E-state index contributed by atoms with van der Waals surface area (Å²) < 4.78 is 0. The average molecular weight is 894 g/mol. The van der Waals surface area contributed by atoms with Gasteiger partial charge in [0.25, 0.3) is 0 Å². The lowest BCUT2D eigenvalue weighted by Crippen LogP contribution is -2.17. The predicted molar refractivity (Wildman–Crippen MR) is 295 cm³/mol. The Morgan fingerprint density at radius 1 is 0.229 bits per heavy atom. The van der Waals surface area contributed by atoms with E-state index in [1.165, 1.54) is 0 Å². The second-order valence-electron chi connectivity index (χ2n) is 17.2. The minimum absolute atomic E-state index is 0.601. The maximum Gasteiger partial charge on any atom is 0.187 e. The Kier molecular flexibility index (Phi) is 12.2. The summed E-state index contributed by atoms with van der Waals surface area (Å²) in [4.78, 5) is 8.56. The fourth-order valence-corrected chi connectivity index (χ4v) is 9.33. The van der Waals surface area contributed by atoms with E-state index in [1.807, 2.05) is 12.1 Å². The van der Waals surface area contributed by atoms with Gasteiger partial charge >= 0.3 is 0 Å². The molecule has 11 aromatic rings. The van der Waals surface area contributed by atoms with Crippen LogP contribution in [0.1, 0.15) is 0 Å². The highest BCUT2D eigenvalue weighted by Crippen LogP contribution is 2.51. The van der Waals surface area contributed by atoms with E-state index in [1.54, 1.807) is 0 Å². The Hall–Kier alpha value is -9.49. The van der Waals surface area contributed by atoms with Gasteiger partial charge in [0.15, 0.2) is 5.69 Å². The first-order valence-electron chi connectivity index (χ1n) is 23.6. The molecule has 0 aliphatic heterocycles. The molecule has 0 atom stereocenters. The lowest BCUT2D eigenvalue weighted by molar-refractivity contribution is 1.23. The van der Waals surface area contributed by atoms with Crippen LogP contribution in [0.3, 0.4) is 0 Å². The van der Waals surface area contributed by atoms with Crippen LogP contribution in [0.25, 0.3) is 71.6 Å². The van der Waals surface area contributed by atoms with Crippen molar-refractivity contribution in [1.29, 1.82) is 0 Å². The third-order valence-corrected chi connectivity index (χ3v) is 12.9. The molecule has 0 aromatic heterocycles. The Bertz CT molecular complexity index is 3350. The van der Waals surface area contributed by atoms with E-state index < -0.39 is 0 Å². The zero-order chi connectivity index (χ0) is 47.1. The third-order valence-electron chi connectivity index (χ3n) is 12.9. The average Bonchev–Trinajstić information content (AvgIpc) is 3.45. The highest BCUT2D eigenvalue weighted by molar-refractivity contribution is 5.99. The first-order chi connectivity index (χ1) is 34.7. The molecule has 70 heavy (non-hydrogen) atoms. The zero-order valence-corrected chi connectivity index (χ0v) is 38.5. The molecule has 0 fully saturated rings. The number of rotatable bonds is 12. The van der Waals surface area contributed by atoms with Gasteiger partial charge in [0.1, 0.15) is 0 Å². The Balaban J connectivity index is 1.20. The molecule has 0 bridgehead atoms. The van der Waals surface area contributed by atoms with Crippen LogP contribution < -0.4 is 9.80 Å². The maximum absolute atomic E-state index is 7.79. The summed E-state index contributed by atoms with van der Waals surface area (Å²) >= 11 is 0. The summed E-state index contributed by atoms with van der Waals surface area (Å²) in [5.74, 6) is 0. The summed E-state index contributed by atoms with van der Waals surface area (Å²) in [6.07, 6.45) is 0. The van der Waals surface area contributed by atoms with E-state index in [2.05, 4.69) is 288 Å². The van der Waals surface area contributed by atoms with Crippen LogP contribution in [0.5, 0.6) is 0 Å². The predicted octanol–water partition coefficient (Wildman–Crippen LogP) is 19.2. The maximum atomic E-state index is 7.79. The highest BCUT2D eigenvalue weighted by Gasteiger charge is 2.26. The van der Waals surface area contributed by atoms with E-state index >= 15 is 0 Å². The lowest BCUT2D eigenvalue weighted by atomic mass is 9.91. The molecule has 11 aromatic carbocycles. The topological polar surface area (TPSA) is 10.8 Å². The van der Waals surface area contributed by atoms with Crippen LogP contribution in [-0.4, -0.2) is 0 Å². The van der Waals surface area contributed by atoms with Crippen molar-refractivity contribution in [1.82, 2.24) is 0 Å². The quantitative estimate of drug-likeness (QED) is 0.113. The van der Waals surface area contributed by atoms with E-state index in [0.717, 1.165) is 101 Å². The number of anilines is 6. The van der Waals surface area contributed by atoms with E-state index in [-0.39, 0.29) is 0 Å². The van der Waals surface area contributed by atoms with E-state index in [9.17, 15) is 0 Å². The minimum Gasteiger partial charge on any atom is -0.308 e. The van der Waals surface area contributed by atoms with Crippen molar-refractivity contribution in [2.24, 2.45) is 0 Å². The van der Waals surface area contributed by atoms with Crippen LogP contribution in [0.15, 0.2) is 285 Å². The summed E-state index contributed by atoms with van der Waals surface area (Å²) in [5, 5.41) is 0. The molecule has 0 unspecified atom stereocenters. The largest absolute Gasteiger partial charge is 0.308 e. The molecule has 11 rings (SSSR count). The van der Waals surface area contributed by atoms with Gasteiger partial charge in [-0.05, 0) is 127 Å². The van der Waals surface area contributed by atoms with Crippen LogP contribution in [0.2, 0.25) is 0 Å². The zero-order valence-electron chi connectivity index (χ0n) is 38.5. The molecule has 3 nitrogen and oxygen atoms in total. The number of nitrogens with zero attached hydrogens (tertiary/aromatic N) is 3. The number of benzene rings is 11. The van der Waals surface area contributed by atoms with Gasteiger partial charge in [0.2, 0.25) is 0 Å². The monoisotopic (exact) mass is 893 g/mol. The summed E-state index contributed by atoms with van der Waals surface area (Å²) in [5.41, 5.74) is 20.1. The molecule has 0 amide bonds. The molecule has 0 spiro atoms. The van der Waals surface area contributed by atoms with Crippen molar-refractivity contribution in [3.8, 4) is 66.8 Å². The van der Waals surface area contributed by atoms with Gasteiger partial charge in [-0.15, -0.1) is 0 Å². The Labute approximate surface area is 410 Å². The fourth-order valence-electron chi connectivity index (χ4n) is 9.33. The second kappa shape index (κ2) is 19.8. The second-order valence-corrected chi connectivity index (χ2v) is 17.2.